The Kier molecular flexibility index (Phi) is 9.49. The number of rotatable bonds is 8. The van der Waals surface area contributed by atoms with Gasteiger partial charge in [-0.15, -0.1) is 0 Å². The van der Waals surface area contributed by atoms with Crippen molar-refractivity contribution in [1.29, 1.82) is 0 Å². The first-order valence-electron chi connectivity index (χ1n) is 17.1. The number of halogens is 1. The van der Waals surface area contributed by atoms with Gasteiger partial charge >= 0.3 is 17.9 Å². The molecule has 10 nitrogen and oxygen atoms in total. The lowest BCUT2D eigenvalue weighted by Gasteiger charge is -2.46. The average molecular weight is 785 g/mol. The highest BCUT2D eigenvalue weighted by molar-refractivity contribution is 9.09. The fourth-order valence-corrected chi connectivity index (χ4v) is 7.69. The van der Waals surface area contributed by atoms with Crippen LogP contribution in [0.5, 0.6) is 0 Å². The molecule has 5 atom stereocenters. The molecule has 6 aromatic carbocycles. The van der Waals surface area contributed by atoms with E-state index < -0.39 is 65.7 Å². The molecule has 2 heterocycles. The smallest absolute Gasteiger partial charge is 0.338 e. The van der Waals surface area contributed by atoms with E-state index in [-0.39, 0.29) is 27.8 Å². The number of carbonyl (C=O) groups excluding carboxylic acids is 5. The van der Waals surface area contributed by atoms with Crippen molar-refractivity contribution in [2.75, 3.05) is 6.61 Å². The molecule has 2 aliphatic rings. The van der Waals surface area contributed by atoms with Gasteiger partial charge in [0.05, 0.1) is 27.8 Å². The number of alkyl halides is 1. The van der Waals surface area contributed by atoms with E-state index in [4.69, 9.17) is 18.9 Å². The van der Waals surface area contributed by atoms with Crippen LogP contribution >= 0.6 is 15.9 Å². The maximum absolute atomic E-state index is 14.4. The highest BCUT2D eigenvalue weighted by atomic mass is 79.9. The summed E-state index contributed by atoms with van der Waals surface area (Å²) in [6.45, 7) is -0.435. The summed E-state index contributed by atoms with van der Waals surface area (Å²) in [5.74, 6) is -3.56. The van der Waals surface area contributed by atoms with Crippen LogP contribution in [0.2, 0.25) is 0 Å². The number of esters is 3. The van der Waals surface area contributed by atoms with Gasteiger partial charge in [0.1, 0.15) is 23.8 Å². The largest absolute Gasteiger partial charge is 0.459 e. The van der Waals surface area contributed by atoms with E-state index in [0.717, 1.165) is 26.4 Å². The van der Waals surface area contributed by atoms with Crippen molar-refractivity contribution in [2.45, 2.75) is 29.4 Å². The molecule has 8 rings (SSSR count). The van der Waals surface area contributed by atoms with Crippen LogP contribution in [0.1, 0.15) is 51.8 Å². The van der Waals surface area contributed by atoms with Gasteiger partial charge in [0.15, 0.2) is 12.2 Å². The van der Waals surface area contributed by atoms with E-state index in [2.05, 4.69) is 15.9 Å². The highest BCUT2D eigenvalue weighted by Crippen LogP contribution is 2.39. The first kappa shape index (κ1) is 34.9. The maximum Gasteiger partial charge on any atom is 0.338 e. The quantitative estimate of drug-likeness (QED) is 0.0511. The minimum atomic E-state index is -1.50. The van der Waals surface area contributed by atoms with Crippen LogP contribution in [-0.4, -0.2) is 70.6 Å². The lowest BCUT2D eigenvalue weighted by atomic mass is 9.95. The molecule has 2 aliphatic heterocycles. The number of amides is 2. The van der Waals surface area contributed by atoms with Crippen LogP contribution in [0, 0.1) is 0 Å². The van der Waals surface area contributed by atoms with Crippen molar-refractivity contribution >= 4 is 67.2 Å². The summed E-state index contributed by atoms with van der Waals surface area (Å²) in [5, 5.41) is 2.28. The van der Waals surface area contributed by atoms with Crippen LogP contribution in [-0.2, 0) is 18.9 Å². The van der Waals surface area contributed by atoms with Crippen LogP contribution in [0.3, 0.4) is 0 Å². The molecule has 268 valence electrons. The number of imide groups is 1. The van der Waals surface area contributed by atoms with Gasteiger partial charge in [0, 0.05) is 0 Å². The molecule has 0 saturated carbocycles. The second-order valence-electron chi connectivity index (χ2n) is 12.9. The predicted octanol–water partition coefficient (Wildman–Crippen LogP) is 7.39. The number of hydrogen-bond donors (Lipinski definition) is 0. The van der Waals surface area contributed by atoms with E-state index >= 15 is 0 Å². The van der Waals surface area contributed by atoms with Crippen molar-refractivity contribution in [3.8, 4) is 0 Å². The van der Waals surface area contributed by atoms with Gasteiger partial charge in [-0.05, 0) is 82.2 Å². The second kappa shape index (κ2) is 14.7. The molecule has 0 aromatic heterocycles. The van der Waals surface area contributed by atoms with Crippen LogP contribution in [0.25, 0.3) is 21.5 Å². The molecule has 11 heteroatoms. The summed E-state index contributed by atoms with van der Waals surface area (Å²) in [6.07, 6.45) is -4.19. The zero-order valence-electron chi connectivity index (χ0n) is 28.4. The first-order chi connectivity index (χ1) is 26.3. The molecule has 54 heavy (non-hydrogen) atoms. The number of ether oxygens (including phenoxy) is 4. The van der Waals surface area contributed by atoms with Gasteiger partial charge < -0.3 is 18.9 Å². The Balaban J connectivity index is 1.19. The van der Waals surface area contributed by atoms with Gasteiger partial charge in [-0.1, -0.05) is 94.8 Å². The monoisotopic (exact) mass is 783 g/mol. The molecule has 0 unspecified atom stereocenters. The molecule has 1 fully saturated rings. The molecular weight excluding hydrogens is 754 g/mol. The Labute approximate surface area is 317 Å². The van der Waals surface area contributed by atoms with Gasteiger partial charge in [-0.25, -0.2) is 14.4 Å². The molecular formula is C43H30BrNO9. The first-order valence-corrected chi connectivity index (χ1v) is 18.1. The lowest BCUT2D eigenvalue weighted by molar-refractivity contribution is -0.182. The molecule has 0 spiro atoms. The summed E-state index contributed by atoms with van der Waals surface area (Å²) in [5.41, 5.74) is 0.954. The zero-order chi connectivity index (χ0) is 37.3. The van der Waals surface area contributed by atoms with Crippen molar-refractivity contribution in [3.63, 3.8) is 0 Å². The number of benzene rings is 6. The second-order valence-corrected chi connectivity index (χ2v) is 13.8. The van der Waals surface area contributed by atoms with E-state index in [1.807, 2.05) is 36.4 Å². The van der Waals surface area contributed by atoms with Gasteiger partial charge in [0.2, 0.25) is 0 Å². The Bertz CT molecular complexity index is 2350. The Morgan fingerprint density at radius 3 is 1.46 bits per heavy atom. The maximum atomic E-state index is 14.4. The molecule has 1 saturated heterocycles. The average Bonchev–Trinajstić information content (AvgIpc) is 3.44. The molecule has 6 aromatic rings. The van der Waals surface area contributed by atoms with E-state index in [9.17, 15) is 24.0 Å². The summed E-state index contributed by atoms with van der Waals surface area (Å²) in [6, 6.07) is 38.2. The molecule has 0 N–H and O–H groups in total. The number of hydrogen-bond acceptors (Lipinski definition) is 9. The molecule has 0 bridgehead atoms. The van der Waals surface area contributed by atoms with Gasteiger partial charge in [-0.3, -0.25) is 14.5 Å². The molecule has 2 amide bonds. The van der Waals surface area contributed by atoms with E-state index in [1.54, 1.807) is 103 Å². The Morgan fingerprint density at radius 1 is 0.556 bits per heavy atom. The van der Waals surface area contributed by atoms with Crippen molar-refractivity contribution < 1.29 is 42.9 Å². The van der Waals surface area contributed by atoms with Crippen LogP contribution < -0.4 is 0 Å². The fourth-order valence-electron chi connectivity index (χ4n) is 6.87. The summed E-state index contributed by atoms with van der Waals surface area (Å²) < 4.78 is 24.2. The van der Waals surface area contributed by atoms with Crippen molar-refractivity contribution in [1.82, 2.24) is 4.90 Å². The van der Waals surface area contributed by atoms with Gasteiger partial charge in [0.25, 0.3) is 11.8 Å². The topological polar surface area (TPSA) is 126 Å². The number of nitrogens with zero attached hydrogens (tertiary/aromatic N) is 1. The van der Waals surface area contributed by atoms with Crippen LogP contribution in [0.15, 0.2) is 140 Å². The molecule has 0 aliphatic carbocycles. The van der Waals surface area contributed by atoms with E-state index in [0.29, 0.717) is 0 Å². The summed E-state index contributed by atoms with van der Waals surface area (Å²) in [7, 11) is 0. The molecule has 0 radical (unpaired) electrons. The number of fused-ring (bicyclic) bond motifs is 3. The predicted molar refractivity (Wildman–Crippen MR) is 201 cm³/mol. The highest BCUT2D eigenvalue weighted by Gasteiger charge is 2.56. The fraction of sp³-hybridized carbons (Fsp3) is 0.140. The standard InChI is InChI=1S/C43H30BrNO9/c44-38-35(45-39(46)32-22-30-20-28-18-10-11-19-29(28)21-31(30)23-33(32)40(45)47)37(54-43(50)27-16-8-3-9-17-27)36(53-42(49)26-14-6-2-7-15-26)34(52-38)24-51-41(48)25-12-4-1-5-13-25/h1-23,34-38H,24H2/t34-,35-,36-,37-,38+/m1/s1. The SMILES string of the molecule is O=C(OC[C@H]1O[C@H](Br)[C@H](N2C(=O)c3cc4cc5ccccc5cc4cc3C2=O)[C@@H](OC(=O)c2ccccc2)[C@@H]1OC(=O)c1ccccc1)c1ccccc1. The normalized spacial score (nSPS) is 20.8. The third-order valence-electron chi connectivity index (χ3n) is 9.53. The lowest BCUT2D eigenvalue weighted by Crippen LogP contribution is -2.66. The third kappa shape index (κ3) is 6.63. The third-order valence-corrected chi connectivity index (χ3v) is 10.3. The van der Waals surface area contributed by atoms with E-state index in [1.165, 1.54) is 0 Å². The minimum Gasteiger partial charge on any atom is -0.459 e. The van der Waals surface area contributed by atoms with Crippen molar-refractivity contribution in [2.24, 2.45) is 0 Å². The Morgan fingerprint density at radius 2 is 0.981 bits per heavy atom. The van der Waals surface area contributed by atoms with Crippen molar-refractivity contribution in [3.05, 3.63) is 167 Å². The van der Waals surface area contributed by atoms with Crippen LogP contribution in [0.4, 0.5) is 0 Å². The number of carbonyl (C=O) groups is 5. The summed E-state index contributed by atoms with van der Waals surface area (Å²) in [4.78, 5) is 70.3. The summed E-state index contributed by atoms with van der Waals surface area (Å²) >= 11 is 3.52. The minimum absolute atomic E-state index is 0.160. The Hall–Kier alpha value is -6.17. The zero-order valence-corrected chi connectivity index (χ0v) is 30.0. The van der Waals surface area contributed by atoms with Gasteiger partial charge in [-0.2, -0.15) is 0 Å².